The van der Waals surface area contributed by atoms with E-state index in [9.17, 15) is 0 Å². The third kappa shape index (κ3) is 1.84. The molecule has 0 N–H and O–H groups in total. The van der Waals surface area contributed by atoms with Gasteiger partial charge in [-0.15, -0.1) is 0 Å². The van der Waals surface area contributed by atoms with E-state index in [1.807, 2.05) is 0 Å². The molecule has 4 atom stereocenters. The van der Waals surface area contributed by atoms with E-state index in [1.54, 1.807) is 0 Å². The predicted octanol–water partition coefficient (Wildman–Crippen LogP) is 3.73. The van der Waals surface area contributed by atoms with Crippen molar-refractivity contribution in [3.63, 3.8) is 0 Å². The van der Waals surface area contributed by atoms with Gasteiger partial charge in [0.25, 0.3) is 0 Å². The lowest BCUT2D eigenvalue weighted by atomic mass is 9.63. The second-order valence-electron chi connectivity index (χ2n) is 5.95. The summed E-state index contributed by atoms with van der Waals surface area (Å²) in [6.45, 7) is 16.2. The van der Waals surface area contributed by atoms with Gasteiger partial charge < -0.3 is 4.74 Å². The molecule has 1 heteroatoms. The first-order chi connectivity index (χ1) is 6.28. The Morgan fingerprint density at radius 3 is 1.93 bits per heavy atom. The molecule has 0 aromatic rings. The minimum absolute atomic E-state index is 0.395. The van der Waals surface area contributed by atoms with Gasteiger partial charge in [0.1, 0.15) is 0 Å². The molecule has 0 radical (unpaired) electrons. The normalized spacial score (nSPS) is 42.9. The molecule has 0 aliphatic carbocycles. The zero-order chi connectivity index (χ0) is 11.1. The molecular formula is C13H26O. The monoisotopic (exact) mass is 198 g/mol. The maximum atomic E-state index is 6.11. The van der Waals surface area contributed by atoms with Gasteiger partial charge in [-0.3, -0.25) is 0 Å². The number of hydrogen-bond acceptors (Lipinski definition) is 1. The van der Waals surface area contributed by atoms with Crippen LogP contribution in [-0.2, 0) is 4.74 Å². The van der Waals surface area contributed by atoms with E-state index in [-0.39, 0.29) is 0 Å². The first-order valence-corrected chi connectivity index (χ1v) is 5.94. The molecule has 1 heterocycles. The molecule has 0 saturated carbocycles. The van der Waals surface area contributed by atoms with Crippen LogP contribution in [0.3, 0.4) is 0 Å². The minimum atomic E-state index is 0.395. The maximum Gasteiger partial charge on any atom is 0.0632 e. The molecule has 1 aliphatic rings. The van der Waals surface area contributed by atoms with Crippen molar-refractivity contribution >= 4 is 0 Å². The van der Waals surface area contributed by atoms with Crippen molar-refractivity contribution in [2.45, 2.75) is 60.7 Å². The molecule has 0 spiro atoms. The molecule has 0 amide bonds. The predicted molar refractivity (Wildman–Crippen MR) is 61.3 cm³/mol. The zero-order valence-corrected chi connectivity index (χ0v) is 10.8. The van der Waals surface area contributed by atoms with Crippen molar-refractivity contribution in [1.29, 1.82) is 0 Å². The summed E-state index contributed by atoms with van der Waals surface area (Å²) in [7, 11) is 0. The Morgan fingerprint density at radius 2 is 1.50 bits per heavy atom. The maximum absolute atomic E-state index is 6.11. The van der Waals surface area contributed by atoms with E-state index in [1.165, 1.54) is 0 Å². The van der Waals surface area contributed by atoms with Gasteiger partial charge in [-0.25, -0.2) is 0 Å². The van der Waals surface area contributed by atoms with Crippen LogP contribution in [0, 0.1) is 23.2 Å². The molecule has 1 saturated heterocycles. The fraction of sp³-hybridized carbons (Fsp3) is 1.00. The van der Waals surface area contributed by atoms with Gasteiger partial charge in [-0.2, -0.15) is 0 Å². The summed E-state index contributed by atoms with van der Waals surface area (Å²) < 4.78 is 6.11. The first kappa shape index (κ1) is 12.0. The van der Waals surface area contributed by atoms with Crippen molar-refractivity contribution < 1.29 is 4.74 Å². The highest BCUT2D eigenvalue weighted by Gasteiger charge is 2.45. The van der Waals surface area contributed by atoms with E-state index in [2.05, 4.69) is 48.5 Å². The summed E-state index contributed by atoms with van der Waals surface area (Å²) in [4.78, 5) is 0. The highest BCUT2D eigenvalue weighted by molar-refractivity contribution is 4.93. The van der Waals surface area contributed by atoms with Crippen molar-refractivity contribution in [2.75, 3.05) is 0 Å². The zero-order valence-electron chi connectivity index (χ0n) is 10.8. The SMILES string of the molecule is CC(C)[C@@H]1O[C@H](C)[C@@H](C)C(C)(C)[C@H]1C. The number of hydrogen-bond donors (Lipinski definition) is 0. The van der Waals surface area contributed by atoms with Gasteiger partial charge in [-0.05, 0) is 30.1 Å². The Balaban J connectivity index is 2.87. The molecule has 0 aromatic heterocycles. The van der Waals surface area contributed by atoms with Crippen LogP contribution in [0.25, 0.3) is 0 Å². The van der Waals surface area contributed by atoms with Crippen molar-refractivity contribution in [2.24, 2.45) is 23.2 Å². The molecule has 1 nitrogen and oxygen atoms in total. The lowest BCUT2D eigenvalue weighted by Gasteiger charge is -2.51. The van der Waals surface area contributed by atoms with Crippen LogP contribution in [0.1, 0.15) is 48.5 Å². The van der Waals surface area contributed by atoms with Gasteiger partial charge >= 0.3 is 0 Å². The summed E-state index contributed by atoms with van der Waals surface area (Å²) in [5.74, 6) is 1.92. The van der Waals surface area contributed by atoms with Gasteiger partial charge in [-0.1, -0.05) is 41.5 Å². The molecule has 1 aliphatic heterocycles. The Kier molecular flexibility index (Phi) is 3.30. The third-order valence-electron chi connectivity index (χ3n) is 4.57. The standard InChI is InChI=1S/C13H26O/c1-8(2)12-10(4)13(6,7)9(3)11(5)14-12/h8-12H,1-7H3/t9-,10+,11-,12+/m1/s1. The summed E-state index contributed by atoms with van der Waals surface area (Å²) in [5, 5.41) is 0. The van der Waals surface area contributed by atoms with Crippen LogP contribution in [0.5, 0.6) is 0 Å². The Bertz CT molecular complexity index is 195. The van der Waals surface area contributed by atoms with E-state index in [0.29, 0.717) is 35.4 Å². The number of ether oxygens (including phenoxy) is 1. The first-order valence-electron chi connectivity index (χ1n) is 5.94. The fourth-order valence-electron chi connectivity index (χ4n) is 2.66. The summed E-state index contributed by atoms with van der Waals surface area (Å²) >= 11 is 0. The second kappa shape index (κ2) is 3.84. The molecular weight excluding hydrogens is 172 g/mol. The van der Waals surface area contributed by atoms with E-state index in [0.717, 1.165) is 0 Å². The Labute approximate surface area is 89.2 Å². The largest absolute Gasteiger partial charge is 0.374 e. The summed E-state index contributed by atoms with van der Waals surface area (Å²) in [6.07, 6.45) is 0.824. The van der Waals surface area contributed by atoms with Crippen molar-refractivity contribution in [3.8, 4) is 0 Å². The average Bonchev–Trinajstić information content (AvgIpc) is 2.08. The number of rotatable bonds is 1. The highest BCUT2D eigenvalue weighted by Crippen LogP contribution is 2.46. The second-order valence-corrected chi connectivity index (χ2v) is 5.95. The molecule has 1 fully saturated rings. The van der Waals surface area contributed by atoms with E-state index in [4.69, 9.17) is 4.74 Å². The van der Waals surface area contributed by atoms with Gasteiger partial charge in [0.2, 0.25) is 0 Å². The van der Waals surface area contributed by atoms with Crippen LogP contribution in [0.4, 0.5) is 0 Å². The summed E-state index contributed by atoms with van der Waals surface area (Å²) in [5.41, 5.74) is 0.395. The van der Waals surface area contributed by atoms with Crippen LogP contribution in [0.15, 0.2) is 0 Å². The Hall–Kier alpha value is -0.0400. The van der Waals surface area contributed by atoms with E-state index >= 15 is 0 Å². The van der Waals surface area contributed by atoms with Crippen LogP contribution in [-0.4, -0.2) is 12.2 Å². The molecule has 1 rings (SSSR count). The minimum Gasteiger partial charge on any atom is -0.374 e. The fourth-order valence-corrected chi connectivity index (χ4v) is 2.66. The van der Waals surface area contributed by atoms with Crippen molar-refractivity contribution in [3.05, 3.63) is 0 Å². The molecule has 84 valence electrons. The summed E-state index contributed by atoms with van der Waals surface area (Å²) in [6, 6.07) is 0. The van der Waals surface area contributed by atoms with Gasteiger partial charge in [0.15, 0.2) is 0 Å². The van der Waals surface area contributed by atoms with Crippen LogP contribution in [0.2, 0.25) is 0 Å². The quantitative estimate of drug-likeness (QED) is 0.624. The van der Waals surface area contributed by atoms with Gasteiger partial charge in [0.05, 0.1) is 12.2 Å². The molecule has 0 unspecified atom stereocenters. The molecule has 0 aromatic carbocycles. The topological polar surface area (TPSA) is 9.23 Å². The Morgan fingerprint density at radius 1 is 1.00 bits per heavy atom. The van der Waals surface area contributed by atoms with E-state index < -0.39 is 0 Å². The highest BCUT2D eigenvalue weighted by atomic mass is 16.5. The molecule has 14 heavy (non-hydrogen) atoms. The smallest absolute Gasteiger partial charge is 0.0632 e. The average molecular weight is 198 g/mol. The third-order valence-corrected chi connectivity index (χ3v) is 4.57. The van der Waals surface area contributed by atoms with Gasteiger partial charge in [0, 0.05) is 0 Å². The molecule has 0 bridgehead atoms. The van der Waals surface area contributed by atoms with Crippen LogP contribution >= 0.6 is 0 Å². The lowest BCUT2D eigenvalue weighted by molar-refractivity contribution is -0.174. The van der Waals surface area contributed by atoms with Crippen molar-refractivity contribution in [1.82, 2.24) is 0 Å². The lowest BCUT2D eigenvalue weighted by Crippen LogP contribution is -2.51. The van der Waals surface area contributed by atoms with Crippen LogP contribution < -0.4 is 0 Å².